The molecule has 1 N–H and O–H groups in total. The molecule has 1 aromatic carbocycles. The summed E-state index contributed by atoms with van der Waals surface area (Å²) in [5.41, 5.74) is 1.14. The van der Waals surface area contributed by atoms with Gasteiger partial charge >= 0.3 is 0 Å². The first-order valence-corrected chi connectivity index (χ1v) is 9.86. The minimum absolute atomic E-state index is 0.0769. The molecule has 0 fully saturated rings. The number of nitrogens with one attached hydrogen (secondary N) is 1. The van der Waals surface area contributed by atoms with E-state index in [-0.39, 0.29) is 5.91 Å². The van der Waals surface area contributed by atoms with Gasteiger partial charge in [0.2, 0.25) is 5.13 Å². The van der Waals surface area contributed by atoms with E-state index >= 15 is 0 Å². The van der Waals surface area contributed by atoms with Crippen molar-refractivity contribution in [3.05, 3.63) is 39.7 Å². The molecule has 4 nitrogen and oxygen atoms in total. The fourth-order valence-corrected chi connectivity index (χ4v) is 4.76. The van der Waals surface area contributed by atoms with Gasteiger partial charge in [-0.1, -0.05) is 56.7 Å². The minimum atomic E-state index is -0.0769. The highest BCUT2D eigenvalue weighted by Crippen LogP contribution is 2.33. The van der Waals surface area contributed by atoms with Crippen LogP contribution in [-0.4, -0.2) is 16.1 Å². The zero-order valence-electron chi connectivity index (χ0n) is 14.1. The van der Waals surface area contributed by atoms with Crippen LogP contribution >= 0.6 is 22.7 Å². The number of hydrogen-bond acceptors (Lipinski definition) is 5. The number of nitrogens with zero attached hydrogens (tertiary/aromatic N) is 2. The highest BCUT2D eigenvalue weighted by atomic mass is 32.1. The lowest BCUT2D eigenvalue weighted by Gasteiger charge is -2.03. The van der Waals surface area contributed by atoms with E-state index in [0.717, 1.165) is 39.4 Å². The van der Waals surface area contributed by atoms with Gasteiger partial charge in [0.15, 0.2) is 0 Å². The van der Waals surface area contributed by atoms with Gasteiger partial charge in [0.05, 0.1) is 4.88 Å². The Balaban J connectivity index is 1.85. The molecular formula is C18H21N3OS2. The minimum Gasteiger partial charge on any atom is -0.296 e. The molecule has 2 aromatic heterocycles. The molecule has 24 heavy (non-hydrogen) atoms. The number of carbonyl (C=O) groups is 1. The van der Waals surface area contributed by atoms with E-state index in [9.17, 15) is 4.79 Å². The number of rotatable bonds is 6. The number of hydrogen-bond donors (Lipinski definition) is 1. The molecule has 0 spiro atoms. The summed E-state index contributed by atoms with van der Waals surface area (Å²) in [7, 11) is 0. The number of amides is 1. The van der Waals surface area contributed by atoms with Crippen molar-refractivity contribution in [1.82, 2.24) is 10.2 Å². The van der Waals surface area contributed by atoms with Gasteiger partial charge in [0.1, 0.15) is 5.01 Å². The Labute approximate surface area is 149 Å². The molecule has 3 aromatic rings. The van der Waals surface area contributed by atoms with Crippen LogP contribution in [0.3, 0.4) is 0 Å². The summed E-state index contributed by atoms with van der Waals surface area (Å²) in [6, 6.07) is 8.21. The first-order valence-electron chi connectivity index (χ1n) is 8.22. The van der Waals surface area contributed by atoms with Crippen LogP contribution in [0.1, 0.15) is 47.4 Å². The highest BCUT2D eigenvalue weighted by Gasteiger charge is 2.19. The number of carbonyl (C=O) groups excluding carboxylic acids is 1. The lowest BCUT2D eigenvalue weighted by atomic mass is 10.1. The molecule has 1 amide bonds. The molecule has 0 aliphatic carbocycles. The number of aromatic nitrogens is 2. The van der Waals surface area contributed by atoms with E-state index in [1.165, 1.54) is 16.7 Å². The maximum absolute atomic E-state index is 12.7. The predicted molar refractivity (Wildman–Crippen MR) is 102 cm³/mol. The van der Waals surface area contributed by atoms with E-state index in [4.69, 9.17) is 0 Å². The van der Waals surface area contributed by atoms with Crippen LogP contribution in [0.5, 0.6) is 0 Å². The third-order valence-electron chi connectivity index (χ3n) is 3.67. The van der Waals surface area contributed by atoms with Crippen molar-refractivity contribution >= 4 is 43.8 Å². The molecule has 0 bridgehead atoms. The van der Waals surface area contributed by atoms with Crippen LogP contribution in [-0.2, 0) is 12.8 Å². The zero-order valence-corrected chi connectivity index (χ0v) is 15.8. The van der Waals surface area contributed by atoms with Crippen molar-refractivity contribution in [2.75, 3.05) is 5.32 Å². The van der Waals surface area contributed by atoms with Crippen LogP contribution in [0.15, 0.2) is 24.3 Å². The third-order valence-corrected chi connectivity index (χ3v) is 5.75. The summed E-state index contributed by atoms with van der Waals surface area (Å²) >= 11 is 3.01. The fourth-order valence-electron chi connectivity index (χ4n) is 2.67. The monoisotopic (exact) mass is 359 g/mol. The Bertz CT molecular complexity index is 851. The smallest absolute Gasteiger partial charge is 0.267 e. The first kappa shape index (κ1) is 17.0. The molecule has 6 heteroatoms. The number of fused-ring (bicyclic) bond motifs is 1. The van der Waals surface area contributed by atoms with Crippen LogP contribution in [0, 0.1) is 5.92 Å². The molecule has 0 saturated carbocycles. The quantitative estimate of drug-likeness (QED) is 0.661. The predicted octanol–water partition coefficient (Wildman–Crippen LogP) is 5.16. The molecule has 3 rings (SSSR count). The van der Waals surface area contributed by atoms with Crippen molar-refractivity contribution in [1.29, 1.82) is 0 Å². The Morgan fingerprint density at radius 3 is 2.75 bits per heavy atom. The molecular weight excluding hydrogens is 338 g/mol. The fraction of sp³-hybridized carbons (Fsp3) is 0.389. The van der Waals surface area contributed by atoms with E-state index in [2.05, 4.69) is 48.4 Å². The average molecular weight is 360 g/mol. The Morgan fingerprint density at radius 1 is 1.21 bits per heavy atom. The maximum Gasteiger partial charge on any atom is 0.267 e. The van der Waals surface area contributed by atoms with E-state index in [1.807, 2.05) is 12.1 Å². The molecule has 0 saturated heterocycles. The third kappa shape index (κ3) is 3.65. The summed E-state index contributed by atoms with van der Waals surface area (Å²) in [6.07, 6.45) is 2.80. The lowest BCUT2D eigenvalue weighted by molar-refractivity contribution is 0.102. The normalized spacial score (nSPS) is 11.3. The Kier molecular flexibility index (Phi) is 5.26. The highest BCUT2D eigenvalue weighted by molar-refractivity contribution is 7.21. The van der Waals surface area contributed by atoms with Gasteiger partial charge in [-0.25, -0.2) is 0 Å². The second-order valence-corrected chi connectivity index (χ2v) is 8.32. The molecule has 0 atom stereocenters. The average Bonchev–Trinajstić information content (AvgIpc) is 3.12. The van der Waals surface area contributed by atoms with Gasteiger partial charge in [-0.15, -0.1) is 21.5 Å². The number of thiophene rings is 1. The molecule has 126 valence electrons. The van der Waals surface area contributed by atoms with Crippen molar-refractivity contribution in [2.45, 2.75) is 40.0 Å². The second-order valence-electron chi connectivity index (χ2n) is 6.21. The number of aryl methyl sites for hydroxylation is 1. The number of anilines is 1. The second kappa shape index (κ2) is 7.40. The van der Waals surface area contributed by atoms with Crippen molar-refractivity contribution in [2.24, 2.45) is 5.92 Å². The van der Waals surface area contributed by atoms with Crippen LogP contribution in [0.4, 0.5) is 5.13 Å². The van der Waals surface area contributed by atoms with Gasteiger partial charge < -0.3 is 0 Å². The van der Waals surface area contributed by atoms with E-state index < -0.39 is 0 Å². The van der Waals surface area contributed by atoms with Gasteiger partial charge in [-0.05, 0) is 29.4 Å². The zero-order chi connectivity index (χ0) is 17.1. The van der Waals surface area contributed by atoms with Crippen LogP contribution in [0.25, 0.3) is 10.1 Å². The van der Waals surface area contributed by atoms with Crippen LogP contribution < -0.4 is 5.32 Å². The summed E-state index contributed by atoms with van der Waals surface area (Å²) in [5.74, 6) is 0.451. The first-order chi connectivity index (χ1) is 11.6. The molecule has 0 aliphatic heterocycles. The Hall–Kier alpha value is -1.79. The number of benzene rings is 1. The summed E-state index contributed by atoms with van der Waals surface area (Å²) in [4.78, 5) is 13.5. The largest absolute Gasteiger partial charge is 0.296 e. The van der Waals surface area contributed by atoms with Crippen LogP contribution in [0.2, 0.25) is 0 Å². The summed E-state index contributed by atoms with van der Waals surface area (Å²) in [6.45, 7) is 6.43. The lowest BCUT2D eigenvalue weighted by Crippen LogP contribution is -2.12. The summed E-state index contributed by atoms with van der Waals surface area (Å²) < 4.78 is 1.16. The molecule has 2 heterocycles. The van der Waals surface area contributed by atoms with Crippen molar-refractivity contribution < 1.29 is 4.79 Å². The maximum atomic E-state index is 12.7. The molecule has 0 radical (unpaired) electrons. The van der Waals surface area contributed by atoms with E-state index in [0.29, 0.717) is 11.0 Å². The molecule has 0 aliphatic rings. The van der Waals surface area contributed by atoms with Gasteiger partial charge in [-0.2, -0.15) is 0 Å². The van der Waals surface area contributed by atoms with Gasteiger partial charge in [0.25, 0.3) is 5.91 Å². The Morgan fingerprint density at radius 2 is 2.00 bits per heavy atom. The standard InChI is InChI=1S/C18H21N3OS2/c1-4-7-13-12-8-5-6-9-14(12)23-16(13)17(22)19-18-21-20-15(24-18)10-11(2)3/h5-6,8-9,11H,4,7,10H2,1-3H3,(H,19,21,22). The van der Waals surface area contributed by atoms with Gasteiger partial charge in [-0.3, -0.25) is 10.1 Å². The van der Waals surface area contributed by atoms with Crippen molar-refractivity contribution in [3.63, 3.8) is 0 Å². The topological polar surface area (TPSA) is 54.9 Å². The van der Waals surface area contributed by atoms with Crippen molar-refractivity contribution in [3.8, 4) is 0 Å². The SMILES string of the molecule is CCCc1c(C(=O)Nc2nnc(CC(C)C)s2)sc2ccccc12. The molecule has 0 unspecified atom stereocenters. The summed E-state index contributed by atoms with van der Waals surface area (Å²) in [5, 5.41) is 13.9. The van der Waals surface area contributed by atoms with E-state index in [1.54, 1.807) is 11.3 Å². The van der Waals surface area contributed by atoms with Gasteiger partial charge in [0, 0.05) is 11.1 Å².